The van der Waals surface area contributed by atoms with E-state index in [0.29, 0.717) is 5.69 Å². The average molecular weight is 286 g/mol. The summed E-state index contributed by atoms with van der Waals surface area (Å²) in [6.07, 6.45) is -4.36. The van der Waals surface area contributed by atoms with E-state index in [1.807, 2.05) is 6.92 Å². The van der Waals surface area contributed by atoms with Gasteiger partial charge in [-0.25, -0.2) is 4.98 Å². The molecule has 0 aliphatic carbocycles. The van der Waals surface area contributed by atoms with Gasteiger partial charge < -0.3 is 5.32 Å². The molecule has 0 amide bonds. The van der Waals surface area contributed by atoms with Gasteiger partial charge >= 0.3 is 6.18 Å². The van der Waals surface area contributed by atoms with Gasteiger partial charge in [0.15, 0.2) is 0 Å². The van der Waals surface area contributed by atoms with Crippen molar-refractivity contribution in [3.05, 3.63) is 51.5 Å². The molecule has 6 heteroatoms. The number of alkyl halides is 3. The van der Waals surface area contributed by atoms with Crippen LogP contribution in [0.15, 0.2) is 29.6 Å². The summed E-state index contributed by atoms with van der Waals surface area (Å²) < 4.78 is 39.1. The Kier molecular flexibility index (Phi) is 3.91. The van der Waals surface area contributed by atoms with Crippen LogP contribution in [0.1, 0.15) is 27.9 Å². The Balaban J connectivity index is 2.50. The molecule has 1 aromatic carbocycles. The first kappa shape index (κ1) is 14.0. The number of thiazole rings is 1. The van der Waals surface area contributed by atoms with Crippen LogP contribution >= 0.6 is 11.3 Å². The lowest BCUT2D eigenvalue weighted by molar-refractivity contribution is -0.138. The smallest absolute Gasteiger partial charge is 0.308 e. The number of hydrogen-bond acceptors (Lipinski definition) is 3. The Labute approximate surface area is 113 Å². The van der Waals surface area contributed by atoms with Crippen LogP contribution in [0.2, 0.25) is 0 Å². The standard InChI is InChI=1S/C13H13F3N2S/c1-8-18-11(7-19-8)12(17-2)9-5-3-4-6-10(9)13(14,15)16/h3-7,12,17H,1-2H3. The fourth-order valence-electron chi connectivity index (χ4n) is 1.98. The summed E-state index contributed by atoms with van der Waals surface area (Å²) in [5, 5.41) is 5.52. The van der Waals surface area contributed by atoms with Gasteiger partial charge in [0.25, 0.3) is 0 Å². The zero-order valence-corrected chi connectivity index (χ0v) is 11.3. The first-order valence-corrected chi connectivity index (χ1v) is 6.57. The second-order valence-corrected chi connectivity index (χ2v) is 5.16. The van der Waals surface area contributed by atoms with Crippen molar-refractivity contribution in [1.29, 1.82) is 0 Å². The molecular formula is C13H13F3N2S. The fourth-order valence-corrected chi connectivity index (χ4v) is 2.62. The van der Waals surface area contributed by atoms with Crippen molar-refractivity contribution < 1.29 is 13.2 Å². The number of nitrogens with one attached hydrogen (secondary N) is 1. The first-order valence-electron chi connectivity index (χ1n) is 5.69. The van der Waals surface area contributed by atoms with Gasteiger partial charge in [0.1, 0.15) is 0 Å². The van der Waals surface area contributed by atoms with E-state index in [1.165, 1.54) is 23.5 Å². The maximum atomic E-state index is 13.0. The van der Waals surface area contributed by atoms with Gasteiger partial charge in [-0.15, -0.1) is 11.3 Å². The van der Waals surface area contributed by atoms with Crippen molar-refractivity contribution >= 4 is 11.3 Å². The molecule has 1 unspecified atom stereocenters. The van der Waals surface area contributed by atoms with Crippen LogP contribution in [-0.4, -0.2) is 12.0 Å². The molecule has 102 valence electrons. The Hall–Kier alpha value is -1.40. The third-order valence-electron chi connectivity index (χ3n) is 2.80. The molecule has 1 atom stereocenters. The minimum Gasteiger partial charge on any atom is -0.308 e. The SMILES string of the molecule is CNC(c1csc(C)n1)c1ccccc1C(F)(F)F. The molecule has 1 N–H and O–H groups in total. The molecule has 19 heavy (non-hydrogen) atoms. The molecule has 1 heterocycles. The van der Waals surface area contributed by atoms with E-state index >= 15 is 0 Å². The number of aromatic nitrogens is 1. The largest absolute Gasteiger partial charge is 0.416 e. The van der Waals surface area contributed by atoms with Crippen molar-refractivity contribution in [2.45, 2.75) is 19.1 Å². The fraction of sp³-hybridized carbons (Fsp3) is 0.308. The monoisotopic (exact) mass is 286 g/mol. The van der Waals surface area contributed by atoms with Gasteiger partial charge in [0.2, 0.25) is 0 Å². The topological polar surface area (TPSA) is 24.9 Å². The average Bonchev–Trinajstić information content (AvgIpc) is 2.76. The highest BCUT2D eigenvalue weighted by molar-refractivity contribution is 7.09. The number of hydrogen-bond donors (Lipinski definition) is 1. The van der Waals surface area contributed by atoms with Gasteiger partial charge in [-0.1, -0.05) is 18.2 Å². The normalized spacial score (nSPS) is 13.5. The molecule has 2 aromatic rings. The lowest BCUT2D eigenvalue weighted by Crippen LogP contribution is -2.22. The molecule has 2 rings (SSSR count). The highest BCUT2D eigenvalue weighted by Gasteiger charge is 2.35. The zero-order valence-electron chi connectivity index (χ0n) is 10.5. The van der Waals surface area contributed by atoms with Gasteiger partial charge in [-0.05, 0) is 25.6 Å². The van der Waals surface area contributed by atoms with Crippen molar-refractivity contribution in [2.75, 3.05) is 7.05 Å². The summed E-state index contributed by atoms with van der Waals surface area (Å²) in [7, 11) is 1.63. The minimum atomic E-state index is -4.36. The zero-order chi connectivity index (χ0) is 14.0. The van der Waals surface area contributed by atoms with Gasteiger partial charge in [0, 0.05) is 5.38 Å². The van der Waals surface area contributed by atoms with Crippen LogP contribution in [0.25, 0.3) is 0 Å². The number of aryl methyl sites for hydroxylation is 1. The Morgan fingerprint density at radius 1 is 1.26 bits per heavy atom. The molecule has 0 bridgehead atoms. The second kappa shape index (κ2) is 5.30. The van der Waals surface area contributed by atoms with Crippen LogP contribution in [0.4, 0.5) is 13.2 Å². The van der Waals surface area contributed by atoms with E-state index in [2.05, 4.69) is 10.3 Å². The van der Waals surface area contributed by atoms with Crippen molar-refractivity contribution in [3.8, 4) is 0 Å². The van der Waals surface area contributed by atoms with Crippen LogP contribution in [0.3, 0.4) is 0 Å². The van der Waals surface area contributed by atoms with E-state index < -0.39 is 17.8 Å². The predicted octanol–water partition coefficient (Wildman–Crippen LogP) is 3.78. The van der Waals surface area contributed by atoms with Crippen molar-refractivity contribution in [1.82, 2.24) is 10.3 Å². The molecule has 0 radical (unpaired) electrons. The van der Waals surface area contributed by atoms with Crippen LogP contribution < -0.4 is 5.32 Å². The highest BCUT2D eigenvalue weighted by Crippen LogP contribution is 2.36. The van der Waals surface area contributed by atoms with Gasteiger partial charge in [-0.2, -0.15) is 13.2 Å². The Bertz CT molecular complexity index is 563. The third kappa shape index (κ3) is 2.96. The number of benzene rings is 1. The van der Waals surface area contributed by atoms with E-state index in [-0.39, 0.29) is 5.56 Å². The summed E-state index contributed by atoms with van der Waals surface area (Å²) in [5.41, 5.74) is 0.185. The lowest BCUT2D eigenvalue weighted by Gasteiger charge is -2.19. The number of nitrogens with zero attached hydrogens (tertiary/aromatic N) is 1. The molecule has 1 aromatic heterocycles. The quantitative estimate of drug-likeness (QED) is 0.929. The molecule has 0 aliphatic rings. The molecule has 2 nitrogen and oxygen atoms in total. The maximum Gasteiger partial charge on any atom is 0.416 e. The molecule has 0 fully saturated rings. The number of halogens is 3. The highest BCUT2D eigenvalue weighted by atomic mass is 32.1. The first-order chi connectivity index (χ1) is 8.93. The molecule has 0 spiro atoms. The van der Waals surface area contributed by atoms with Crippen LogP contribution in [-0.2, 0) is 6.18 Å². The van der Waals surface area contributed by atoms with Crippen LogP contribution in [0.5, 0.6) is 0 Å². The van der Waals surface area contributed by atoms with E-state index in [0.717, 1.165) is 11.1 Å². The predicted molar refractivity (Wildman–Crippen MR) is 69.2 cm³/mol. The minimum absolute atomic E-state index is 0.197. The van der Waals surface area contributed by atoms with E-state index in [1.54, 1.807) is 18.5 Å². The van der Waals surface area contributed by atoms with Crippen molar-refractivity contribution in [2.24, 2.45) is 0 Å². The molecule has 0 saturated carbocycles. The maximum absolute atomic E-state index is 13.0. The molecule has 0 saturated heterocycles. The van der Waals surface area contributed by atoms with E-state index in [9.17, 15) is 13.2 Å². The summed E-state index contributed by atoms with van der Waals surface area (Å²) in [6.45, 7) is 1.83. The van der Waals surface area contributed by atoms with Gasteiger partial charge in [0.05, 0.1) is 22.3 Å². The van der Waals surface area contributed by atoms with Crippen molar-refractivity contribution in [3.63, 3.8) is 0 Å². The second-order valence-electron chi connectivity index (χ2n) is 4.10. The summed E-state index contributed by atoms with van der Waals surface area (Å²) >= 11 is 1.42. The molecular weight excluding hydrogens is 273 g/mol. The summed E-state index contributed by atoms with van der Waals surface area (Å²) in [6, 6.07) is 5.03. The molecule has 0 aliphatic heterocycles. The van der Waals surface area contributed by atoms with Gasteiger partial charge in [-0.3, -0.25) is 0 Å². The summed E-state index contributed by atoms with van der Waals surface area (Å²) in [4.78, 5) is 4.27. The number of rotatable bonds is 3. The third-order valence-corrected chi connectivity index (χ3v) is 3.59. The Morgan fingerprint density at radius 3 is 2.47 bits per heavy atom. The van der Waals surface area contributed by atoms with E-state index in [4.69, 9.17) is 0 Å². The summed E-state index contributed by atoms with van der Waals surface area (Å²) in [5.74, 6) is 0. The lowest BCUT2D eigenvalue weighted by atomic mass is 9.98. The Morgan fingerprint density at radius 2 is 1.95 bits per heavy atom. The van der Waals surface area contributed by atoms with Crippen LogP contribution in [0, 0.1) is 6.92 Å².